The summed E-state index contributed by atoms with van der Waals surface area (Å²) < 4.78 is 112. The fourth-order valence-corrected chi connectivity index (χ4v) is 3.29. The van der Waals surface area contributed by atoms with Gasteiger partial charge in [0.05, 0.1) is 27.2 Å². The zero-order valence-corrected chi connectivity index (χ0v) is 13.8. The van der Waals surface area contributed by atoms with E-state index < -0.39 is 102 Å². The minimum atomic E-state index is -2.97. The molecule has 0 amide bonds. The van der Waals surface area contributed by atoms with Crippen molar-refractivity contribution in [3.8, 4) is 0 Å². The van der Waals surface area contributed by atoms with E-state index in [2.05, 4.69) is 20.4 Å². The SMILES string of the molecule is [2H]c1c([2H])c([C@]2([2H])Nc3c([2H])c(F)c([2H])c4c3C(=NCC4=O)[C@H]2c2ncnn2C([2H])([2H])[2H])c([2H])c([2H])c1F. The number of carbonyl (C=O) groups excluding carboxylic acids is 1. The standard InChI is InChI=1S/C20H15F2N5O/c1-27-20(24-9-25-27)17-18(10-2-4-11(21)5-3-10)26-14-7-12(22)6-13-15(28)8-23-19(17)16(13)14/h2-7,9,17-18,26H,8H2,1H3/t17-,18-/m0/s1/i1D3,2D,3D,4D,5D,6D,7D,18D. The predicted octanol–water partition coefficient (Wildman–Crippen LogP) is 3.03. The van der Waals surface area contributed by atoms with Gasteiger partial charge in [-0.2, -0.15) is 5.10 Å². The maximum atomic E-state index is 14.9. The fraction of sp³-hybridized carbons (Fsp3) is 0.200. The molecule has 0 radical (unpaired) electrons. The van der Waals surface area contributed by atoms with Crippen LogP contribution in [-0.4, -0.2) is 32.8 Å². The number of carbonyl (C=O) groups is 1. The molecule has 5 rings (SSSR count). The Morgan fingerprint density at radius 1 is 1.29 bits per heavy atom. The zero-order valence-electron chi connectivity index (χ0n) is 23.8. The van der Waals surface area contributed by atoms with Gasteiger partial charge >= 0.3 is 0 Å². The van der Waals surface area contributed by atoms with E-state index in [1.54, 1.807) is 0 Å². The molecule has 3 aromatic rings. The first-order chi connectivity index (χ1) is 17.6. The van der Waals surface area contributed by atoms with Gasteiger partial charge in [-0.15, -0.1) is 0 Å². The molecule has 2 atom stereocenters. The Morgan fingerprint density at radius 2 is 2.11 bits per heavy atom. The van der Waals surface area contributed by atoms with E-state index in [-0.39, 0.29) is 11.3 Å². The number of hydrogen-bond donors (Lipinski definition) is 1. The lowest BCUT2D eigenvalue weighted by Gasteiger charge is -2.37. The number of benzene rings is 2. The minimum Gasteiger partial charge on any atom is -0.376 e. The number of Topliss-reactive ketones (excluding diaryl/α,β-unsaturated/α-hetero) is 1. The zero-order chi connectivity index (χ0) is 28.1. The molecule has 6 nitrogen and oxygen atoms in total. The number of nitrogens with one attached hydrogen (secondary N) is 1. The first kappa shape index (κ1) is 9.18. The molecule has 0 saturated carbocycles. The van der Waals surface area contributed by atoms with E-state index in [0.29, 0.717) is 4.68 Å². The number of aromatic nitrogens is 3. The molecular formula is C20H15F2N5O. The van der Waals surface area contributed by atoms with Crippen molar-refractivity contribution in [2.75, 3.05) is 11.9 Å². The molecule has 1 N–H and O–H groups in total. The Kier molecular flexibility index (Phi) is 1.98. The third kappa shape index (κ3) is 2.45. The topological polar surface area (TPSA) is 72.2 Å². The Bertz CT molecular complexity index is 1580. The lowest BCUT2D eigenvalue weighted by atomic mass is 9.78. The van der Waals surface area contributed by atoms with Crippen molar-refractivity contribution >= 4 is 17.2 Å². The van der Waals surface area contributed by atoms with Gasteiger partial charge in [-0.3, -0.25) is 14.5 Å². The Labute approximate surface area is 173 Å². The lowest BCUT2D eigenvalue weighted by Crippen LogP contribution is -2.37. The fourth-order valence-electron chi connectivity index (χ4n) is 3.29. The number of ketones is 1. The monoisotopic (exact) mass is 389 g/mol. The summed E-state index contributed by atoms with van der Waals surface area (Å²) >= 11 is 0. The maximum absolute atomic E-state index is 14.9. The average molecular weight is 389 g/mol. The number of anilines is 1. The van der Waals surface area contributed by atoms with E-state index in [1.807, 2.05) is 0 Å². The van der Waals surface area contributed by atoms with E-state index in [0.717, 1.165) is 6.33 Å². The first-order valence-electron chi connectivity index (χ1n) is 13.0. The van der Waals surface area contributed by atoms with Crippen LogP contribution in [0.2, 0.25) is 0 Å². The molecule has 8 heteroatoms. The smallest absolute Gasteiger partial charge is 0.185 e. The molecule has 2 aromatic carbocycles. The van der Waals surface area contributed by atoms with Gasteiger partial charge in [0, 0.05) is 27.9 Å². The van der Waals surface area contributed by atoms with Gasteiger partial charge in [0.1, 0.15) is 30.3 Å². The van der Waals surface area contributed by atoms with Crippen molar-refractivity contribution in [2.45, 2.75) is 11.9 Å². The van der Waals surface area contributed by atoms with Gasteiger partial charge in [-0.1, -0.05) is 12.1 Å². The summed E-state index contributed by atoms with van der Waals surface area (Å²) in [6.07, 6.45) is 0.850. The molecule has 140 valence electrons. The summed E-state index contributed by atoms with van der Waals surface area (Å²) in [6.45, 7) is -3.61. The number of aliphatic imine (C=N–C) groups is 1. The Morgan fingerprint density at radius 3 is 2.89 bits per heavy atom. The van der Waals surface area contributed by atoms with Crippen molar-refractivity contribution in [1.82, 2.24) is 14.8 Å². The van der Waals surface area contributed by atoms with Crippen LogP contribution in [0.5, 0.6) is 0 Å². The van der Waals surface area contributed by atoms with Gasteiger partial charge in [-0.25, -0.2) is 13.8 Å². The van der Waals surface area contributed by atoms with Gasteiger partial charge < -0.3 is 5.32 Å². The number of aryl methyl sites for hydroxylation is 1. The molecule has 0 bridgehead atoms. The summed E-state index contributed by atoms with van der Waals surface area (Å²) in [7, 11) is 0. The average Bonchev–Trinajstić information content (AvgIpc) is 3.34. The second-order valence-electron chi connectivity index (χ2n) is 6.00. The van der Waals surface area contributed by atoms with Crippen molar-refractivity contribution in [1.29, 1.82) is 0 Å². The van der Waals surface area contributed by atoms with Gasteiger partial charge in [0.15, 0.2) is 5.78 Å². The molecule has 3 heterocycles. The number of rotatable bonds is 2. The minimum absolute atomic E-state index is 0.261. The van der Waals surface area contributed by atoms with Crippen LogP contribution in [0.1, 0.15) is 53.0 Å². The molecule has 0 unspecified atom stereocenters. The molecule has 0 spiro atoms. The molecule has 28 heavy (non-hydrogen) atoms. The predicted molar refractivity (Wildman–Crippen MR) is 98.6 cm³/mol. The highest BCUT2D eigenvalue weighted by atomic mass is 19.1. The third-order valence-corrected chi connectivity index (χ3v) is 4.42. The van der Waals surface area contributed by atoms with Crippen LogP contribution in [0.15, 0.2) is 47.6 Å². The summed E-state index contributed by atoms with van der Waals surface area (Å²) in [4.78, 5) is 20.8. The van der Waals surface area contributed by atoms with Crippen LogP contribution in [0.3, 0.4) is 0 Å². The maximum Gasteiger partial charge on any atom is 0.185 e. The molecule has 0 aliphatic carbocycles. The second-order valence-corrected chi connectivity index (χ2v) is 6.00. The number of hydrogen-bond acceptors (Lipinski definition) is 5. The molecule has 2 aliphatic rings. The van der Waals surface area contributed by atoms with Gasteiger partial charge in [-0.05, 0) is 29.7 Å². The normalized spacial score (nSPS) is 28.6. The lowest BCUT2D eigenvalue weighted by molar-refractivity contribution is 0.0999. The molecular weight excluding hydrogens is 364 g/mol. The largest absolute Gasteiger partial charge is 0.376 e. The summed E-state index contributed by atoms with van der Waals surface area (Å²) in [5, 5.41) is 6.18. The van der Waals surface area contributed by atoms with E-state index >= 15 is 0 Å². The van der Waals surface area contributed by atoms with Crippen LogP contribution in [0.25, 0.3) is 0 Å². The van der Waals surface area contributed by atoms with Crippen LogP contribution in [-0.2, 0) is 6.98 Å². The molecule has 2 aliphatic heterocycles. The van der Waals surface area contributed by atoms with Crippen LogP contribution in [0.4, 0.5) is 14.5 Å². The third-order valence-electron chi connectivity index (χ3n) is 4.42. The molecule has 0 fully saturated rings. The van der Waals surface area contributed by atoms with Crippen LogP contribution in [0, 0.1) is 11.6 Å². The van der Waals surface area contributed by atoms with Crippen molar-refractivity contribution < 1.29 is 27.3 Å². The molecule has 0 saturated heterocycles. The number of nitrogens with zero attached hydrogens (tertiary/aromatic N) is 4. The quantitative estimate of drug-likeness (QED) is 0.731. The summed E-state index contributed by atoms with van der Waals surface area (Å²) in [5.74, 6) is -5.94. The van der Waals surface area contributed by atoms with Gasteiger partial charge in [0.25, 0.3) is 0 Å². The second kappa shape index (κ2) is 6.05. The van der Waals surface area contributed by atoms with Crippen molar-refractivity contribution in [2.24, 2.45) is 12.0 Å². The number of halogens is 2. The van der Waals surface area contributed by atoms with Crippen molar-refractivity contribution in [3.05, 3.63) is 76.7 Å². The molecule has 1 aromatic heterocycles. The highest BCUT2D eigenvalue weighted by Crippen LogP contribution is 2.44. The Balaban J connectivity index is 1.96. The highest BCUT2D eigenvalue weighted by molar-refractivity contribution is 6.21. The van der Waals surface area contributed by atoms with Crippen LogP contribution < -0.4 is 5.32 Å². The van der Waals surface area contributed by atoms with E-state index in [9.17, 15) is 14.9 Å². The summed E-state index contributed by atoms with van der Waals surface area (Å²) in [5.41, 5.74) is -2.32. The Hall–Kier alpha value is -3.42. The van der Waals surface area contributed by atoms with E-state index in [4.69, 9.17) is 12.3 Å². The van der Waals surface area contributed by atoms with E-state index in [1.165, 1.54) is 0 Å². The van der Waals surface area contributed by atoms with Crippen molar-refractivity contribution in [3.63, 3.8) is 0 Å². The summed E-state index contributed by atoms with van der Waals surface area (Å²) in [6, 6.07) is -8.84. The van der Waals surface area contributed by atoms with Crippen LogP contribution >= 0.6 is 0 Å². The van der Waals surface area contributed by atoms with Gasteiger partial charge in [0.2, 0.25) is 0 Å². The highest BCUT2D eigenvalue weighted by Gasteiger charge is 2.42. The first-order valence-corrected chi connectivity index (χ1v) is 7.98.